The van der Waals surface area contributed by atoms with Crippen molar-refractivity contribution >= 4 is 11.9 Å². The Labute approximate surface area is 117 Å². The Morgan fingerprint density at radius 2 is 2.05 bits per heavy atom. The van der Waals surface area contributed by atoms with E-state index in [4.69, 9.17) is 9.84 Å². The minimum atomic E-state index is -1.09. The van der Waals surface area contributed by atoms with E-state index in [1.165, 1.54) is 30.0 Å². The molecule has 1 amide bonds. The molecule has 0 aliphatic rings. The summed E-state index contributed by atoms with van der Waals surface area (Å²) >= 11 is 0. The lowest BCUT2D eigenvalue weighted by Crippen LogP contribution is -2.43. The summed E-state index contributed by atoms with van der Waals surface area (Å²) in [5.41, 5.74) is 0. The molecular formula is C14H18FNO4. The van der Waals surface area contributed by atoms with Crippen molar-refractivity contribution in [2.45, 2.75) is 26.4 Å². The Morgan fingerprint density at radius 1 is 1.40 bits per heavy atom. The number of rotatable bonds is 7. The third kappa shape index (κ3) is 4.53. The summed E-state index contributed by atoms with van der Waals surface area (Å²) in [5.74, 6) is -2.16. The lowest BCUT2D eigenvalue weighted by molar-refractivity contribution is -0.147. The van der Waals surface area contributed by atoms with Gasteiger partial charge in [-0.05, 0) is 25.5 Å². The van der Waals surface area contributed by atoms with Gasteiger partial charge < -0.3 is 14.7 Å². The van der Waals surface area contributed by atoms with Gasteiger partial charge in [0.15, 0.2) is 17.7 Å². The van der Waals surface area contributed by atoms with Gasteiger partial charge in [0, 0.05) is 6.54 Å². The zero-order valence-electron chi connectivity index (χ0n) is 11.5. The van der Waals surface area contributed by atoms with Crippen LogP contribution < -0.4 is 4.74 Å². The third-order valence-corrected chi connectivity index (χ3v) is 2.62. The van der Waals surface area contributed by atoms with Crippen molar-refractivity contribution in [2.24, 2.45) is 0 Å². The van der Waals surface area contributed by atoms with E-state index < -0.39 is 30.3 Å². The molecule has 0 saturated heterocycles. The van der Waals surface area contributed by atoms with Crippen molar-refractivity contribution in [2.75, 3.05) is 13.1 Å². The van der Waals surface area contributed by atoms with E-state index in [1.807, 2.05) is 6.92 Å². The van der Waals surface area contributed by atoms with Crippen molar-refractivity contribution in [3.8, 4) is 5.75 Å². The second-order valence-corrected chi connectivity index (χ2v) is 4.34. The summed E-state index contributed by atoms with van der Waals surface area (Å²) < 4.78 is 18.7. The number of carbonyl (C=O) groups is 2. The van der Waals surface area contributed by atoms with E-state index in [-0.39, 0.29) is 5.75 Å². The van der Waals surface area contributed by atoms with Gasteiger partial charge in [0.05, 0.1) is 0 Å². The number of carboxylic acids is 1. The number of ether oxygens (including phenoxy) is 1. The number of aliphatic carboxylic acids is 1. The highest BCUT2D eigenvalue weighted by Crippen LogP contribution is 2.17. The average molecular weight is 283 g/mol. The van der Waals surface area contributed by atoms with Crippen molar-refractivity contribution in [3.05, 3.63) is 30.1 Å². The fourth-order valence-corrected chi connectivity index (χ4v) is 1.74. The molecule has 110 valence electrons. The maximum atomic E-state index is 13.4. The molecule has 0 fully saturated rings. The molecule has 1 rings (SSSR count). The van der Waals surface area contributed by atoms with E-state index in [0.717, 1.165) is 0 Å². The maximum absolute atomic E-state index is 13.4. The number of carboxylic acid groups (broad SMARTS) is 1. The molecular weight excluding hydrogens is 265 g/mol. The molecule has 0 aromatic heterocycles. The standard InChI is InChI=1S/C14H18FNO4/c1-3-8-16(9-13(17)18)14(19)10(2)20-12-7-5-4-6-11(12)15/h4-7,10H,3,8-9H2,1-2H3,(H,17,18). The van der Waals surface area contributed by atoms with Crippen molar-refractivity contribution in [1.82, 2.24) is 4.90 Å². The van der Waals surface area contributed by atoms with Crippen molar-refractivity contribution in [3.63, 3.8) is 0 Å². The number of carbonyl (C=O) groups excluding carboxylic acids is 1. The molecule has 0 spiro atoms. The lowest BCUT2D eigenvalue weighted by Gasteiger charge is -2.24. The van der Waals surface area contributed by atoms with E-state index in [2.05, 4.69) is 0 Å². The topological polar surface area (TPSA) is 66.8 Å². The van der Waals surface area contributed by atoms with Crippen LogP contribution in [0.1, 0.15) is 20.3 Å². The molecule has 0 heterocycles. The van der Waals surface area contributed by atoms with E-state index in [0.29, 0.717) is 13.0 Å². The maximum Gasteiger partial charge on any atom is 0.323 e. The number of nitrogens with zero attached hydrogens (tertiary/aromatic N) is 1. The molecule has 5 nitrogen and oxygen atoms in total. The van der Waals surface area contributed by atoms with Crippen LogP contribution in [-0.2, 0) is 9.59 Å². The summed E-state index contributed by atoms with van der Waals surface area (Å²) in [6.07, 6.45) is -0.316. The average Bonchev–Trinajstić information content (AvgIpc) is 2.39. The molecule has 0 saturated carbocycles. The highest BCUT2D eigenvalue weighted by molar-refractivity contribution is 5.84. The monoisotopic (exact) mass is 283 g/mol. The molecule has 20 heavy (non-hydrogen) atoms. The van der Waals surface area contributed by atoms with Gasteiger partial charge in [0.2, 0.25) is 0 Å². The van der Waals surface area contributed by atoms with Gasteiger partial charge >= 0.3 is 5.97 Å². The number of hydrogen-bond acceptors (Lipinski definition) is 3. The smallest absolute Gasteiger partial charge is 0.323 e. The number of para-hydroxylation sites is 1. The van der Waals surface area contributed by atoms with Crippen LogP contribution >= 0.6 is 0 Å². The largest absolute Gasteiger partial charge is 0.480 e. The molecule has 6 heteroatoms. The summed E-state index contributed by atoms with van der Waals surface area (Å²) in [7, 11) is 0. The fourth-order valence-electron chi connectivity index (χ4n) is 1.74. The number of benzene rings is 1. The number of halogens is 1. The quantitative estimate of drug-likeness (QED) is 0.830. The van der Waals surface area contributed by atoms with Gasteiger partial charge in [0.1, 0.15) is 6.54 Å². The summed E-state index contributed by atoms with van der Waals surface area (Å²) in [6.45, 7) is 3.23. The van der Waals surface area contributed by atoms with Crippen LogP contribution in [0, 0.1) is 5.82 Å². The molecule has 1 aromatic rings. The van der Waals surface area contributed by atoms with Gasteiger partial charge in [-0.1, -0.05) is 19.1 Å². The van der Waals surface area contributed by atoms with E-state index in [9.17, 15) is 14.0 Å². The Bertz CT molecular complexity index is 478. The highest BCUT2D eigenvalue weighted by Gasteiger charge is 2.24. The Morgan fingerprint density at radius 3 is 2.60 bits per heavy atom. The van der Waals surface area contributed by atoms with Gasteiger partial charge in [-0.3, -0.25) is 9.59 Å². The van der Waals surface area contributed by atoms with Crippen molar-refractivity contribution in [1.29, 1.82) is 0 Å². The summed E-state index contributed by atoms with van der Waals surface area (Å²) in [6, 6.07) is 5.76. The minimum Gasteiger partial charge on any atom is -0.480 e. The van der Waals surface area contributed by atoms with Gasteiger partial charge in [0.25, 0.3) is 5.91 Å². The number of hydrogen-bond donors (Lipinski definition) is 1. The van der Waals surface area contributed by atoms with Crippen LogP contribution in [0.2, 0.25) is 0 Å². The second kappa shape index (κ2) is 7.47. The zero-order chi connectivity index (χ0) is 15.1. The molecule has 0 aliphatic heterocycles. The molecule has 0 radical (unpaired) electrons. The first-order chi connectivity index (χ1) is 9.45. The van der Waals surface area contributed by atoms with Crippen LogP contribution in [0.15, 0.2) is 24.3 Å². The van der Waals surface area contributed by atoms with Gasteiger partial charge in [-0.2, -0.15) is 0 Å². The van der Waals surface area contributed by atoms with Gasteiger partial charge in [-0.15, -0.1) is 0 Å². The zero-order valence-corrected chi connectivity index (χ0v) is 11.5. The van der Waals surface area contributed by atoms with Gasteiger partial charge in [-0.25, -0.2) is 4.39 Å². The normalized spacial score (nSPS) is 11.8. The van der Waals surface area contributed by atoms with Crippen LogP contribution in [0.4, 0.5) is 4.39 Å². The molecule has 1 unspecified atom stereocenters. The molecule has 1 N–H and O–H groups in total. The van der Waals surface area contributed by atoms with E-state index in [1.54, 1.807) is 6.07 Å². The fraction of sp³-hybridized carbons (Fsp3) is 0.429. The Kier molecular flexibility index (Phi) is 5.96. The Balaban J connectivity index is 2.73. The van der Waals surface area contributed by atoms with Crippen LogP contribution in [0.3, 0.4) is 0 Å². The molecule has 0 aliphatic carbocycles. The first-order valence-corrected chi connectivity index (χ1v) is 6.37. The Hall–Kier alpha value is -2.11. The summed E-state index contributed by atoms with van der Waals surface area (Å²) in [4.78, 5) is 24.0. The van der Waals surface area contributed by atoms with Crippen LogP contribution in [0.25, 0.3) is 0 Å². The molecule has 1 aromatic carbocycles. The van der Waals surface area contributed by atoms with E-state index >= 15 is 0 Å². The third-order valence-electron chi connectivity index (χ3n) is 2.62. The van der Waals surface area contributed by atoms with Crippen LogP contribution in [-0.4, -0.2) is 41.1 Å². The number of amides is 1. The summed E-state index contributed by atoms with van der Waals surface area (Å²) in [5, 5.41) is 8.78. The van der Waals surface area contributed by atoms with Crippen LogP contribution in [0.5, 0.6) is 5.75 Å². The predicted molar refractivity (Wildman–Crippen MR) is 71.0 cm³/mol. The predicted octanol–water partition coefficient (Wildman–Crippen LogP) is 1.92. The SMILES string of the molecule is CCCN(CC(=O)O)C(=O)C(C)Oc1ccccc1F. The first kappa shape index (κ1) is 15.9. The molecule has 0 bridgehead atoms. The van der Waals surface area contributed by atoms with Crippen molar-refractivity contribution < 1.29 is 23.8 Å². The second-order valence-electron chi connectivity index (χ2n) is 4.34. The first-order valence-electron chi connectivity index (χ1n) is 6.37. The highest BCUT2D eigenvalue weighted by atomic mass is 19.1. The molecule has 1 atom stereocenters. The minimum absolute atomic E-state index is 0.0277. The lowest BCUT2D eigenvalue weighted by atomic mass is 10.3.